The lowest BCUT2D eigenvalue weighted by molar-refractivity contribution is 0.0693. The van der Waals surface area contributed by atoms with Gasteiger partial charge in [0.05, 0.1) is 21.2 Å². The minimum absolute atomic E-state index is 0.0310. The largest absolute Gasteiger partial charge is 0.478 e. The first kappa shape index (κ1) is 13.8. The number of aromatic nitrogens is 1. The number of carbonyl (C=O) groups is 1. The summed E-state index contributed by atoms with van der Waals surface area (Å²) in [6.45, 7) is 3.60. The molecular weight excluding hydrogens is 288 g/mol. The van der Waals surface area contributed by atoms with Crippen LogP contribution in [0, 0.1) is 13.8 Å². The van der Waals surface area contributed by atoms with Gasteiger partial charge in [-0.3, -0.25) is 0 Å². The Kier molecular flexibility index (Phi) is 3.73. The van der Waals surface area contributed by atoms with Crippen molar-refractivity contribution < 1.29 is 14.3 Å². The zero-order valence-electron chi connectivity index (χ0n) is 10.2. The van der Waals surface area contributed by atoms with Gasteiger partial charge >= 0.3 is 5.97 Å². The zero-order valence-corrected chi connectivity index (χ0v) is 11.8. The van der Waals surface area contributed by atoms with Gasteiger partial charge in [-0.2, -0.15) is 0 Å². The number of aryl methyl sites for hydroxylation is 2. The van der Waals surface area contributed by atoms with Gasteiger partial charge < -0.3 is 15.3 Å². The minimum atomic E-state index is -1.10. The highest BCUT2D eigenvalue weighted by Crippen LogP contribution is 2.37. The van der Waals surface area contributed by atoms with E-state index in [9.17, 15) is 9.90 Å². The summed E-state index contributed by atoms with van der Waals surface area (Å²) in [5.74, 6) is -0.414. The molecule has 0 spiro atoms. The van der Waals surface area contributed by atoms with Crippen molar-refractivity contribution in [3.8, 4) is 0 Å². The normalized spacial score (nSPS) is 10.7. The highest BCUT2D eigenvalue weighted by atomic mass is 35.5. The number of nitrogens with two attached hydrogens (primary N) is 1. The maximum Gasteiger partial charge on any atom is 0.336 e. The molecule has 1 aromatic heterocycles. The molecule has 0 aliphatic heterocycles. The van der Waals surface area contributed by atoms with Gasteiger partial charge in [-0.1, -0.05) is 11.6 Å². The topological polar surface area (TPSA) is 89.3 Å². The average molecular weight is 299 g/mol. The molecule has 0 unspecified atom stereocenters. The number of anilines is 1. The number of nitrogen functional groups attached to an aromatic ring is 1. The number of aromatic carboxylic acids is 1. The van der Waals surface area contributed by atoms with Gasteiger partial charge in [0.15, 0.2) is 0 Å². The maximum absolute atomic E-state index is 11.2. The third-order valence-electron chi connectivity index (χ3n) is 2.49. The number of benzene rings is 1. The van der Waals surface area contributed by atoms with E-state index in [-0.39, 0.29) is 10.6 Å². The van der Waals surface area contributed by atoms with Crippen LogP contribution in [0.15, 0.2) is 26.7 Å². The molecule has 0 saturated carbocycles. The van der Waals surface area contributed by atoms with Gasteiger partial charge in [-0.15, -0.1) is 0 Å². The SMILES string of the molecule is Cc1nc(Sc2c(Cl)cc(N)cc2C(=O)O)oc1C. The Labute approximate surface area is 118 Å². The van der Waals surface area contributed by atoms with Crippen molar-refractivity contribution in [2.45, 2.75) is 24.0 Å². The van der Waals surface area contributed by atoms with Crippen molar-refractivity contribution in [2.24, 2.45) is 0 Å². The van der Waals surface area contributed by atoms with Crippen LogP contribution in [0.1, 0.15) is 21.8 Å². The fourth-order valence-electron chi connectivity index (χ4n) is 1.45. The molecule has 0 amide bonds. The second-order valence-electron chi connectivity index (χ2n) is 3.91. The average Bonchev–Trinajstić information content (AvgIpc) is 2.61. The molecule has 2 aromatic rings. The zero-order chi connectivity index (χ0) is 14.2. The van der Waals surface area contributed by atoms with Crippen LogP contribution in [0.25, 0.3) is 0 Å². The van der Waals surface area contributed by atoms with Crippen molar-refractivity contribution in [3.05, 3.63) is 34.2 Å². The van der Waals surface area contributed by atoms with Gasteiger partial charge in [0.2, 0.25) is 0 Å². The summed E-state index contributed by atoms with van der Waals surface area (Å²) in [5.41, 5.74) is 6.68. The number of rotatable bonds is 3. The van der Waals surface area contributed by atoms with Crippen LogP contribution in [0.4, 0.5) is 5.69 Å². The smallest absolute Gasteiger partial charge is 0.336 e. The molecule has 19 heavy (non-hydrogen) atoms. The van der Waals surface area contributed by atoms with Crippen LogP contribution in [0.2, 0.25) is 5.02 Å². The molecule has 0 bridgehead atoms. The molecule has 0 radical (unpaired) electrons. The van der Waals surface area contributed by atoms with E-state index in [1.54, 1.807) is 6.92 Å². The van der Waals surface area contributed by atoms with Crippen molar-refractivity contribution >= 4 is 35.0 Å². The maximum atomic E-state index is 11.2. The Hall–Kier alpha value is -1.66. The molecule has 1 heterocycles. The molecule has 0 atom stereocenters. The lowest BCUT2D eigenvalue weighted by atomic mass is 10.2. The third-order valence-corrected chi connectivity index (χ3v) is 3.90. The van der Waals surface area contributed by atoms with E-state index in [2.05, 4.69) is 4.98 Å². The molecule has 0 aliphatic rings. The Morgan fingerprint density at radius 1 is 1.47 bits per heavy atom. The standard InChI is InChI=1S/C12H11ClN2O3S/c1-5-6(2)18-12(15-5)19-10-8(11(16)17)3-7(14)4-9(10)13/h3-4H,14H2,1-2H3,(H,16,17). The van der Waals surface area contributed by atoms with Crippen LogP contribution >= 0.6 is 23.4 Å². The van der Waals surface area contributed by atoms with E-state index in [1.807, 2.05) is 6.92 Å². The predicted molar refractivity (Wildman–Crippen MR) is 72.9 cm³/mol. The van der Waals surface area contributed by atoms with Crippen molar-refractivity contribution in [2.75, 3.05) is 5.73 Å². The van der Waals surface area contributed by atoms with E-state index in [0.29, 0.717) is 21.6 Å². The molecular formula is C12H11ClN2O3S. The minimum Gasteiger partial charge on any atom is -0.478 e. The van der Waals surface area contributed by atoms with E-state index in [0.717, 1.165) is 17.5 Å². The Bertz CT molecular complexity index is 635. The summed E-state index contributed by atoms with van der Waals surface area (Å²) in [6, 6.07) is 2.86. The van der Waals surface area contributed by atoms with Crippen molar-refractivity contribution in [1.82, 2.24) is 4.98 Å². The molecule has 0 aliphatic carbocycles. The summed E-state index contributed by atoms with van der Waals surface area (Å²) in [6.07, 6.45) is 0. The number of halogens is 1. The fourth-order valence-corrected chi connectivity index (χ4v) is 2.73. The first-order valence-corrected chi connectivity index (χ1v) is 6.52. The molecule has 0 fully saturated rings. The quantitative estimate of drug-likeness (QED) is 0.844. The Balaban J connectivity index is 2.47. The summed E-state index contributed by atoms with van der Waals surface area (Å²) in [4.78, 5) is 15.8. The number of nitrogens with zero attached hydrogens (tertiary/aromatic N) is 1. The van der Waals surface area contributed by atoms with Gasteiger partial charge in [0.1, 0.15) is 5.76 Å². The van der Waals surface area contributed by atoms with Crippen LogP contribution in [0.3, 0.4) is 0 Å². The predicted octanol–water partition coefficient (Wildman–Crippen LogP) is 3.38. The third kappa shape index (κ3) is 2.85. The molecule has 3 N–H and O–H groups in total. The van der Waals surface area contributed by atoms with Gasteiger partial charge in [-0.25, -0.2) is 9.78 Å². The summed E-state index contributed by atoms with van der Waals surface area (Å²) in [5, 5.41) is 9.78. The molecule has 5 nitrogen and oxygen atoms in total. The summed E-state index contributed by atoms with van der Waals surface area (Å²) < 4.78 is 5.41. The highest BCUT2D eigenvalue weighted by molar-refractivity contribution is 7.99. The van der Waals surface area contributed by atoms with E-state index in [4.69, 9.17) is 21.8 Å². The Morgan fingerprint density at radius 2 is 2.16 bits per heavy atom. The first-order chi connectivity index (χ1) is 8.88. The lowest BCUT2D eigenvalue weighted by Gasteiger charge is -2.07. The van der Waals surface area contributed by atoms with Gasteiger partial charge in [0, 0.05) is 5.69 Å². The number of oxazole rings is 1. The van der Waals surface area contributed by atoms with Gasteiger partial charge in [0.25, 0.3) is 5.22 Å². The molecule has 1 aromatic carbocycles. The summed E-state index contributed by atoms with van der Waals surface area (Å²) in [7, 11) is 0. The number of carboxylic acids is 1. The van der Waals surface area contributed by atoms with Crippen LogP contribution in [-0.4, -0.2) is 16.1 Å². The van der Waals surface area contributed by atoms with E-state index in [1.165, 1.54) is 12.1 Å². The number of carboxylic acid groups (broad SMARTS) is 1. The second kappa shape index (κ2) is 5.14. The van der Waals surface area contributed by atoms with Crippen LogP contribution in [0.5, 0.6) is 0 Å². The van der Waals surface area contributed by atoms with Gasteiger partial charge in [-0.05, 0) is 37.7 Å². The molecule has 2 rings (SSSR count). The molecule has 0 saturated heterocycles. The monoisotopic (exact) mass is 298 g/mol. The molecule has 7 heteroatoms. The Morgan fingerprint density at radius 3 is 2.68 bits per heavy atom. The highest BCUT2D eigenvalue weighted by Gasteiger charge is 2.18. The lowest BCUT2D eigenvalue weighted by Crippen LogP contribution is -2.01. The van der Waals surface area contributed by atoms with Crippen LogP contribution < -0.4 is 5.73 Å². The van der Waals surface area contributed by atoms with E-state index < -0.39 is 5.97 Å². The summed E-state index contributed by atoms with van der Waals surface area (Å²) >= 11 is 7.11. The number of hydrogen-bond donors (Lipinski definition) is 2. The van der Waals surface area contributed by atoms with Crippen molar-refractivity contribution in [1.29, 1.82) is 0 Å². The molecule has 100 valence electrons. The first-order valence-electron chi connectivity index (χ1n) is 5.32. The van der Waals surface area contributed by atoms with E-state index >= 15 is 0 Å². The van der Waals surface area contributed by atoms with Crippen LogP contribution in [-0.2, 0) is 0 Å². The fraction of sp³-hybridized carbons (Fsp3) is 0.167. The second-order valence-corrected chi connectivity index (χ2v) is 5.28. The van der Waals surface area contributed by atoms with Crippen molar-refractivity contribution in [3.63, 3.8) is 0 Å². The number of hydrogen-bond acceptors (Lipinski definition) is 5.